The first-order valence-corrected chi connectivity index (χ1v) is 4.45. The molecule has 0 amide bonds. The monoisotopic (exact) mass is 190 g/mol. The van der Waals surface area contributed by atoms with Crippen LogP contribution in [0.25, 0.3) is 0 Å². The molecule has 1 rings (SSSR count). The van der Waals surface area contributed by atoms with E-state index in [9.17, 15) is 0 Å². The van der Waals surface area contributed by atoms with Crippen LogP contribution in [0.3, 0.4) is 0 Å². The minimum atomic E-state index is -2.34. The Balaban J connectivity index is 2.78. The highest BCUT2D eigenvalue weighted by Crippen LogP contribution is 2.32. The lowest BCUT2D eigenvalue weighted by Crippen LogP contribution is -1.85. The van der Waals surface area contributed by atoms with E-state index in [2.05, 4.69) is 17.2 Å². The Bertz CT molecular complexity index is 241. The van der Waals surface area contributed by atoms with E-state index in [4.69, 9.17) is 9.79 Å². The number of thiol groups is 1. The second-order valence-corrected chi connectivity index (χ2v) is 2.98. The number of para-hydroxylation sites is 1. The van der Waals surface area contributed by atoms with E-state index < -0.39 is 8.60 Å². The molecule has 60 valence electrons. The Labute approximate surface area is 71.0 Å². The van der Waals surface area contributed by atoms with Gasteiger partial charge in [-0.3, -0.25) is 0 Å². The van der Waals surface area contributed by atoms with Gasteiger partial charge in [-0.25, -0.2) is 0 Å². The Morgan fingerprint density at radius 3 is 2.45 bits per heavy atom. The third-order valence-electron chi connectivity index (χ3n) is 1.05. The van der Waals surface area contributed by atoms with Crippen molar-refractivity contribution < 1.29 is 14.3 Å². The van der Waals surface area contributed by atoms with Crippen molar-refractivity contribution in [1.29, 1.82) is 0 Å². The van der Waals surface area contributed by atoms with E-state index in [1.54, 1.807) is 24.3 Å². The minimum Gasteiger partial charge on any atom is -0.426 e. The standard InChI is InChI=1S/C6H7O3PS/c7-10(8)9-5-3-1-2-4-6(5)11/h1-4,7-8,11H. The molecule has 2 N–H and O–H groups in total. The number of benzene rings is 1. The largest absolute Gasteiger partial charge is 0.426 e. The quantitative estimate of drug-likeness (QED) is 0.490. The predicted molar refractivity (Wildman–Crippen MR) is 45.7 cm³/mol. The van der Waals surface area contributed by atoms with Crippen molar-refractivity contribution in [3.63, 3.8) is 0 Å². The van der Waals surface area contributed by atoms with Crippen LogP contribution in [0, 0.1) is 0 Å². The zero-order chi connectivity index (χ0) is 8.27. The summed E-state index contributed by atoms with van der Waals surface area (Å²) in [7, 11) is -2.34. The lowest BCUT2D eigenvalue weighted by atomic mass is 10.3. The smallest absolute Gasteiger partial charge is 0.391 e. The van der Waals surface area contributed by atoms with Gasteiger partial charge >= 0.3 is 8.60 Å². The highest BCUT2D eigenvalue weighted by Gasteiger charge is 2.04. The predicted octanol–water partition coefficient (Wildman–Crippen LogP) is 1.57. The van der Waals surface area contributed by atoms with E-state index in [0.29, 0.717) is 10.6 Å². The van der Waals surface area contributed by atoms with Crippen LogP contribution in [-0.4, -0.2) is 9.79 Å². The Hall–Kier alpha value is -0.280. The molecule has 5 heteroatoms. The molecule has 0 saturated carbocycles. The lowest BCUT2D eigenvalue weighted by Gasteiger charge is -2.06. The van der Waals surface area contributed by atoms with Gasteiger partial charge in [0.15, 0.2) is 0 Å². The van der Waals surface area contributed by atoms with Crippen LogP contribution in [0.5, 0.6) is 5.75 Å². The van der Waals surface area contributed by atoms with Gasteiger partial charge in [0, 0.05) is 4.90 Å². The molecular weight excluding hydrogens is 183 g/mol. The topological polar surface area (TPSA) is 49.7 Å². The van der Waals surface area contributed by atoms with Gasteiger partial charge in [0.2, 0.25) is 0 Å². The minimum absolute atomic E-state index is 0.381. The normalized spacial score (nSPS) is 10.2. The van der Waals surface area contributed by atoms with E-state index >= 15 is 0 Å². The molecule has 3 nitrogen and oxygen atoms in total. The van der Waals surface area contributed by atoms with Crippen molar-refractivity contribution in [2.75, 3.05) is 0 Å². The van der Waals surface area contributed by atoms with Crippen molar-refractivity contribution >= 4 is 21.2 Å². The molecule has 0 spiro atoms. The SMILES string of the molecule is OP(O)Oc1ccccc1S. The van der Waals surface area contributed by atoms with E-state index in [1.165, 1.54) is 0 Å². The maximum Gasteiger partial charge on any atom is 0.391 e. The van der Waals surface area contributed by atoms with Crippen molar-refractivity contribution in [3.8, 4) is 5.75 Å². The molecule has 0 unspecified atom stereocenters. The van der Waals surface area contributed by atoms with E-state index in [1.807, 2.05) is 0 Å². The van der Waals surface area contributed by atoms with Gasteiger partial charge in [-0.15, -0.1) is 12.6 Å². The molecule has 0 heterocycles. The van der Waals surface area contributed by atoms with Crippen LogP contribution in [0.4, 0.5) is 0 Å². The van der Waals surface area contributed by atoms with Gasteiger partial charge in [-0.05, 0) is 12.1 Å². The zero-order valence-electron chi connectivity index (χ0n) is 5.51. The van der Waals surface area contributed by atoms with Crippen molar-refractivity contribution in [2.45, 2.75) is 4.90 Å². The third-order valence-corrected chi connectivity index (χ3v) is 1.77. The van der Waals surface area contributed by atoms with Gasteiger partial charge in [0.05, 0.1) is 0 Å². The second kappa shape index (κ2) is 3.93. The average molecular weight is 190 g/mol. The fourth-order valence-electron chi connectivity index (χ4n) is 0.622. The maximum atomic E-state index is 8.49. The summed E-state index contributed by atoms with van der Waals surface area (Å²) in [6.07, 6.45) is 0. The highest BCUT2D eigenvalue weighted by molar-refractivity contribution is 7.80. The first-order chi connectivity index (χ1) is 5.20. The molecule has 0 aliphatic rings. The summed E-state index contributed by atoms with van der Waals surface area (Å²) >= 11 is 4.04. The van der Waals surface area contributed by atoms with Crippen LogP contribution < -0.4 is 4.52 Å². The highest BCUT2D eigenvalue weighted by atomic mass is 32.1. The summed E-state index contributed by atoms with van der Waals surface area (Å²) in [4.78, 5) is 17.6. The second-order valence-electron chi connectivity index (χ2n) is 1.81. The summed E-state index contributed by atoms with van der Waals surface area (Å²) in [6, 6.07) is 6.83. The molecule has 0 aliphatic carbocycles. The summed E-state index contributed by atoms with van der Waals surface area (Å²) in [5.74, 6) is 0.381. The Kier molecular flexibility index (Phi) is 3.15. The Morgan fingerprint density at radius 1 is 1.27 bits per heavy atom. The molecule has 0 bridgehead atoms. The van der Waals surface area contributed by atoms with Crippen LogP contribution >= 0.6 is 21.2 Å². The van der Waals surface area contributed by atoms with Crippen LogP contribution in [0.1, 0.15) is 0 Å². The molecule has 0 aliphatic heterocycles. The number of rotatable bonds is 2. The van der Waals surface area contributed by atoms with Gasteiger partial charge in [-0.1, -0.05) is 12.1 Å². The molecule has 0 saturated heterocycles. The summed E-state index contributed by atoms with van der Waals surface area (Å²) in [5.41, 5.74) is 0. The van der Waals surface area contributed by atoms with Gasteiger partial charge < -0.3 is 14.3 Å². The van der Waals surface area contributed by atoms with Crippen LogP contribution in [-0.2, 0) is 0 Å². The fraction of sp³-hybridized carbons (Fsp3) is 0. The molecule has 1 aromatic rings. The third kappa shape index (κ3) is 2.67. The lowest BCUT2D eigenvalue weighted by molar-refractivity contribution is 0.371. The molecule has 0 atom stereocenters. The molecule has 0 aromatic heterocycles. The fourth-order valence-corrected chi connectivity index (χ4v) is 1.24. The van der Waals surface area contributed by atoms with E-state index in [-0.39, 0.29) is 0 Å². The number of hydrogen-bond acceptors (Lipinski definition) is 4. The van der Waals surface area contributed by atoms with Crippen molar-refractivity contribution in [3.05, 3.63) is 24.3 Å². The van der Waals surface area contributed by atoms with E-state index in [0.717, 1.165) is 0 Å². The summed E-state index contributed by atoms with van der Waals surface area (Å²) in [6.45, 7) is 0. The van der Waals surface area contributed by atoms with Crippen LogP contribution in [0.2, 0.25) is 0 Å². The van der Waals surface area contributed by atoms with Gasteiger partial charge in [0.25, 0.3) is 0 Å². The van der Waals surface area contributed by atoms with Crippen LogP contribution in [0.15, 0.2) is 29.2 Å². The molecular formula is C6H7O3PS. The first kappa shape index (κ1) is 8.81. The van der Waals surface area contributed by atoms with Gasteiger partial charge in [0.1, 0.15) is 5.75 Å². The first-order valence-electron chi connectivity index (χ1n) is 2.84. The maximum absolute atomic E-state index is 8.49. The molecule has 11 heavy (non-hydrogen) atoms. The summed E-state index contributed by atoms with van der Waals surface area (Å²) < 4.78 is 4.64. The zero-order valence-corrected chi connectivity index (χ0v) is 7.30. The summed E-state index contributed by atoms with van der Waals surface area (Å²) in [5, 5.41) is 0. The Morgan fingerprint density at radius 2 is 1.91 bits per heavy atom. The molecule has 0 radical (unpaired) electrons. The molecule has 0 fully saturated rings. The average Bonchev–Trinajstić information content (AvgIpc) is 1.93. The van der Waals surface area contributed by atoms with Crippen molar-refractivity contribution in [2.24, 2.45) is 0 Å². The van der Waals surface area contributed by atoms with Gasteiger partial charge in [-0.2, -0.15) is 0 Å². The molecule has 1 aromatic carbocycles. The number of hydrogen-bond donors (Lipinski definition) is 3. The van der Waals surface area contributed by atoms with Crippen molar-refractivity contribution in [1.82, 2.24) is 0 Å².